The number of β-amino-alcohol motifs (C(OH)–C–C–N with tert-alkyl or cyclic N) is 1. The average Bonchev–Trinajstić information content (AvgIpc) is 2.49. The van der Waals surface area contributed by atoms with Gasteiger partial charge in [0.05, 0.1) is 6.10 Å². The predicted octanol–water partition coefficient (Wildman–Crippen LogP) is 3.33. The van der Waals surface area contributed by atoms with Gasteiger partial charge < -0.3 is 10.0 Å². The lowest BCUT2D eigenvalue weighted by atomic mass is 9.89. The van der Waals surface area contributed by atoms with Crippen molar-refractivity contribution in [3.8, 4) is 0 Å². The third-order valence-electron chi connectivity index (χ3n) is 5.06. The molecule has 0 radical (unpaired) electrons. The van der Waals surface area contributed by atoms with Crippen molar-refractivity contribution >= 4 is 0 Å². The second-order valence-electron chi connectivity index (χ2n) is 6.73. The lowest BCUT2D eigenvalue weighted by molar-refractivity contribution is 0.0915. The second-order valence-corrected chi connectivity index (χ2v) is 6.73. The summed E-state index contributed by atoms with van der Waals surface area (Å²) in [5.41, 5.74) is 4.09. The zero-order valence-corrected chi connectivity index (χ0v) is 12.6. The summed E-state index contributed by atoms with van der Waals surface area (Å²) in [7, 11) is 0. The maximum atomic E-state index is 10.5. The fourth-order valence-corrected chi connectivity index (χ4v) is 3.56. The van der Waals surface area contributed by atoms with Gasteiger partial charge in [-0.2, -0.15) is 0 Å². The third kappa shape index (κ3) is 3.24. The molecule has 1 aromatic rings. The summed E-state index contributed by atoms with van der Waals surface area (Å²) in [6.07, 6.45) is 7.26. The summed E-state index contributed by atoms with van der Waals surface area (Å²) < 4.78 is 0. The molecule has 1 aliphatic carbocycles. The maximum absolute atomic E-state index is 10.5. The Balaban J connectivity index is 1.63. The fourth-order valence-electron chi connectivity index (χ4n) is 3.56. The van der Waals surface area contributed by atoms with Crippen molar-refractivity contribution < 1.29 is 5.11 Å². The van der Waals surface area contributed by atoms with Crippen LogP contribution in [-0.2, 0) is 12.8 Å². The predicted molar refractivity (Wildman–Crippen MR) is 82.9 cm³/mol. The van der Waals surface area contributed by atoms with Gasteiger partial charge in [0, 0.05) is 6.54 Å². The van der Waals surface area contributed by atoms with Crippen LogP contribution < -0.4 is 0 Å². The highest BCUT2D eigenvalue weighted by Crippen LogP contribution is 2.26. The number of aryl methyl sites for hydroxylation is 2. The zero-order valence-electron chi connectivity index (χ0n) is 12.6. The molecule has 1 N–H and O–H groups in total. The smallest absolute Gasteiger partial charge is 0.0917 e. The van der Waals surface area contributed by atoms with Crippen LogP contribution in [0.5, 0.6) is 0 Å². The van der Waals surface area contributed by atoms with Crippen molar-refractivity contribution in [1.82, 2.24) is 4.90 Å². The molecule has 110 valence electrons. The Morgan fingerprint density at radius 3 is 2.60 bits per heavy atom. The fraction of sp³-hybridized carbons (Fsp3) is 0.667. The molecule has 0 aromatic heterocycles. The van der Waals surface area contributed by atoms with E-state index in [2.05, 4.69) is 30.0 Å². The van der Waals surface area contributed by atoms with Gasteiger partial charge in [-0.15, -0.1) is 0 Å². The summed E-state index contributed by atoms with van der Waals surface area (Å²) in [6.45, 7) is 5.41. The summed E-state index contributed by atoms with van der Waals surface area (Å²) in [5, 5.41) is 10.5. The van der Waals surface area contributed by atoms with Crippen LogP contribution in [0.1, 0.15) is 55.4 Å². The Morgan fingerprint density at radius 2 is 1.85 bits per heavy atom. The van der Waals surface area contributed by atoms with Gasteiger partial charge in [0.25, 0.3) is 0 Å². The largest absolute Gasteiger partial charge is 0.387 e. The minimum atomic E-state index is -0.323. The van der Waals surface area contributed by atoms with E-state index in [-0.39, 0.29) is 6.10 Å². The number of aliphatic hydroxyl groups is 1. The second kappa shape index (κ2) is 6.28. The van der Waals surface area contributed by atoms with Gasteiger partial charge in [-0.3, -0.25) is 0 Å². The molecule has 2 heteroatoms. The molecule has 0 saturated carbocycles. The molecule has 1 aromatic carbocycles. The molecule has 1 atom stereocenters. The van der Waals surface area contributed by atoms with Gasteiger partial charge in [0.2, 0.25) is 0 Å². The number of piperidine rings is 1. The van der Waals surface area contributed by atoms with E-state index in [0.29, 0.717) is 0 Å². The van der Waals surface area contributed by atoms with Crippen molar-refractivity contribution in [3.05, 3.63) is 34.9 Å². The molecule has 0 bridgehead atoms. The molecule has 20 heavy (non-hydrogen) atoms. The Labute approximate surface area is 122 Å². The van der Waals surface area contributed by atoms with E-state index in [9.17, 15) is 5.11 Å². The summed E-state index contributed by atoms with van der Waals surface area (Å²) in [5.74, 6) is 0.854. The average molecular weight is 273 g/mol. The normalized spacial score (nSPS) is 22.5. The van der Waals surface area contributed by atoms with E-state index in [1.54, 1.807) is 0 Å². The van der Waals surface area contributed by atoms with E-state index in [1.165, 1.54) is 49.7 Å². The first-order chi connectivity index (χ1) is 9.72. The molecule has 1 heterocycles. The minimum absolute atomic E-state index is 0.323. The van der Waals surface area contributed by atoms with E-state index in [1.807, 2.05) is 0 Å². The number of hydrogen-bond donors (Lipinski definition) is 1. The zero-order chi connectivity index (χ0) is 13.9. The quantitative estimate of drug-likeness (QED) is 0.913. The molecule has 1 unspecified atom stereocenters. The van der Waals surface area contributed by atoms with Gasteiger partial charge in [-0.1, -0.05) is 25.1 Å². The number of benzene rings is 1. The van der Waals surface area contributed by atoms with Crippen LogP contribution >= 0.6 is 0 Å². The lowest BCUT2D eigenvalue weighted by Gasteiger charge is -2.32. The molecule has 2 nitrogen and oxygen atoms in total. The molecule has 0 amide bonds. The van der Waals surface area contributed by atoms with Gasteiger partial charge >= 0.3 is 0 Å². The molecule has 3 rings (SSSR count). The van der Waals surface area contributed by atoms with Crippen molar-refractivity contribution in [2.24, 2.45) is 5.92 Å². The molecule has 1 aliphatic heterocycles. The van der Waals surface area contributed by atoms with E-state index in [0.717, 1.165) is 31.1 Å². The number of aliphatic hydroxyl groups excluding tert-OH is 1. The van der Waals surface area contributed by atoms with Crippen molar-refractivity contribution in [1.29, 1.82) is 0 Å². The number of hydrogen-bond acceptors (Lipinski definition) is 2. The molecule has 1 saturated heterocycles. The highest BCUT2D eigenvalue weighted by Gasteiger charge is 2.20. The van der Waals surface area contributed by atoms with Crippen LogP contribution in [-0.4, -0.2) is 29.6 Å². The number of fused-ring (bicyclic) bond motifs is 1. The number of rotatable bonds is 3. The highest BCUT2D eigenvalue weighted by molar-refractivity contribution is 5.34. The standard InChI is InChI=1S/C18H27NO/c1-14-8-10-19(11-9-14)13-18(20)17-7-6-15-4-2-3-5-16(15)12-17/h6-7,12,14,18,20H,2-5,8-11,13H2,1H3. The van der Waals surface area contributed by atoms with Crippen LogP contribution in [0.15, 0.2) is 18.2 Å². The minimum Gasteiger partial charge on any atom is -0.387 e. The Bertz CT molecular complexity index is 449. The number of likely N-dealkylation sites (tertiary alicyclic amines) is 1. The first kappa shape index (κ1) is 14.1. The third-order valence-corrected chi connectivity index (χ3v) is 5.06. The number of nitrogens with zero attached hydrogens (tertiary/aromatic N) is 1. The summed E-state index contributed by atoms with van der Waals surface area (Å²) >= 11 is 0. The van der Waals surface area contributed by atoms with Crippen LogP contribution in [0.4, 0.5) is 0 Å². The van der Waals surface area contributed by atoms with Crippen molar-refractivity contribution in [3.63, 3.8) is 0 Å². The Morgan fingerprint density at radius 1 is 1.15 bits per heavy atom. The van der Waals surface area contributed by atoms with Gasteiger partial charge in [0.1, 0.15) is 0 Å². The van der Waals surface area contributed by atoms with E-state index >= 15 is 0 Å². The van der Waals surface area contributed by atoms with E-state index < -0.39 is 0 Å². The topological polar surface area (TPSA) is 23.5 Å². The van der Waals surface area contributed by atoms with Crippen LogP contribution in [0.2, 0.25) is 0 Å². The maximum Gasteiger partial charge on any atom is 0.0917 e. The molecule has 2 aliphatic rings. The summed E-state index contributed by atoms with van der Waals surface area (Å²) in [4.78, 5) is 2.42. The molecule has 1 fully saturated rings. The van der Waals surface area contributed by atoms with Crippen LogP contribution in [0.25, 0.3) is 0 Å². The Hall–Kier alpha value is -0.860. The van der Waals surface area contributed by atoms with Crippen molar-refractivity contribution in [2.45, 2.75) is 51.6 Å². The molecular formula is C18H27NO. The van der Waals surface area contributed by atoms with Crippen LogP contribution in [0.3, 0.4) is 0 Å². The monoisotopic (exact) mass is 273 g/mol. The molecular weight excluding hydrogens is 246 g/mol. The summed E-state index contributed by atoms with van der Waals surface area (Å²) in [6, 6.07) is 6.64. The highest BCUT2D eigenvalue weighted by atomic mass is 16.3. The van der Waals surface area contributed by atoms with Crippen LogP contribution in [0, 0.1) is 5.92 Å². The van der Waals surface area contributed by atoms with Crippen molar-refractivity contribution in [2.75, 3.05) is 19.6 Å². The first-order valence-corrected chi connectivity index (χ1v) is 8.24. The van der Waals surface area contributed by atoms with E-state index in [4.69, 9.17) is 0 Å². The van der Waals surface area contributed by atoms with Gasteiger partial charge in [0.15, 0.2) is 0 Å². The first-order valence-electron chi connectivity index (χ1n) is 8.24. The van der Waals surface area contributed by atoms with Gasteiger partial charge in [-0.05, 0) is 74.2 Å². The SMILES string of the molecule is CC1CCN(CC(O)c2ccc3c(c2)CCCC3)CC1. The molecule has 0 spiro atoms. The van der Waals surface area contributed by atoms with Gasteiger partial charge in [-0.25, -0.2) is 0 Å². The Kier molecular flexibility index (Phi) is 4.42. The lowest BCUT2D eigenvalue weighted by Crippen LogP contribution is -2.36.